The van der Waals surface area contributed by atoms with Crippen molar-refractivity contribution in [2.45, 2.75) is 39.2 Å². The molecule has 0 aromatic carbocycles. The van der Waals surface area contributed by atoms with Gasteiger partial charge in [-0.05, 0) is 23.8 Å². The minimum atomic E-state index is 0.00543. The van der Waals surface area contributed by atoms with Crippen LogP contribution in [0.3, 0.4) is 0 Å². The third-order valence-corrected chi connectivity index (χ3v) is 4.35. The molecule has 1 rings (SSSR count). The zero-order valence-corrected chi connectivity index (χ0v) is 13.3. The maximum Gasteiger partial charge on any atom is 0.222 e. The normalized spacial score (nSPS) is 12.4. The fourth-order valence-electron chi connectivity index (χ4n) is 1.77. The van der Waals surface area contributed by atoms with E-state index >= 15 is 0 Å². The summed E-state index contributed by atoms with van der Waals surface area (Å²) in [7, 11) is 1.77. The zero-order valence-electron chi connectivity index (χ0n) is 12.5. The molecule has 1 aromatic heterocycles. The van der Waals surface area contributed by atoms with Crippen molar-refractivity contribution in [3.05, 3.63) is 22.4 Å². The molecule has 0 saturated heterocycles. The highest BCUT2D eigenvalue weighted by atomic mass is 32.1. The van der Waals surface area contributed by atoms with Gasteiger partial charge >= 0.3 is 0 Å². The number of hydrogen-bond acceptors (Lipinski definition) is 4. The van der Waals surface area contributed by atoms with Crippen molar-refractivity contribution in [1.82, 2.24) is 4.90 Å². The third-order valence-electron chi connectivity index (χ3n) is 3.44. The second-order valence-corrected chi connectivity index (χ2v) is 6.36. The van der Waals surface area contributed by atoms with Crippen LogP contribution in [0.4, 0.5) is 0 Å². The molecule has 5 heteroatoms. The van der Waals surface area contributed by atoms with E-state index in [0.717, 1.165) is 11.3 Å². The van der Waals surface area contributed by atoms with Gasteiger partial charge in [0.05, 0.1) is 4.88 Å². The summed E-state index contributed by atoms with van der Waals surface area (Å²) in [6, 6.07) is 3.75. The third kappa shape index (κ3) is 5.43. The zero-order chi connectivity index (χ0) is 15.1. The van der Waals surface area contributed by atoms with Crippen LogP contribution in [0.25, 0.3) is 0 Å². The topological polar surface area (TPSA) is 63.4 Å². The maximum absolute atomic E-state index is 11.9. The van der Waals surface area contributed by atoms with E-state index in [1.807, 2.05) is 11.4 Å². The molecular weight excluding hydrogens is 272 g/mol. The molecule has 1 amide bonds. The summed E-state index contributed by atoms with van der Waals surface area (Å²) in [5.74, 6) is 0.463. The highest BCUT2D eigenvalue weighted by Gasteiger charge is 2.15. The Labute approximate surface area is 125 Å². The standard InChI is InChI=1S/C15H24N2O2S/c1-11(2)12(16)8-9-17(3)15(19)7-6-13(18)14-5-4-10-20-14/h4-5,10-12H,6-9,16H2,1-3H3. The van der Waals surface area contributed by atoms with Gasteiger partial charge in [-0.3, -0.25) is 9.59 Å². The number of carbonyl (C=O) groups is 2. The van der Waals surface area contributed by atoms with Gasteiger partial charge in [0.1, 0.15) is 0 Å². The molecule has 0 fully saturated rings. The Bertz CT molecular complexity index is 429. The summed E-state index contributed by atoms with van der Waals surface area (Å²) in [4.78, 5) is 26.1. The smallest absolute Gasteiger partial charge is 0.222 e. The largest absolute Gasteiger partial charge is 0.346 e. The van der Waals surface area contributed by atoms with Crippen LogP contribution in [0.1, 0.15) is 42.8 Å². The van der Waals surface area contributed by atoms with E-state index in [-0.39, 0.29) is 30.6 Å². The van der Waals surface area contributed by atoms with Crippen LogP contribution >= 0.6 is 11.3 Å². The quantitative estimate of drug-likeness (QED) is 0.750. The average Bonchev–Trinajstić information content (AvgIpc) is 2.95. The lowest BCUT2D eigenvalue weighted by atomic mass is 10.0. The number of ketones is 1. The van der Waals surface area contributed by atoms with Gasteiger partial charge in [-0.2, -0.15) is 0 Å². The van der Waals surface area contributed by atoms with Gasteiger partial charge in [-0.1, -0.05) is 19.9 Å². The van der Waals surface area contributed by atoms with Crippen LogP contribution in [0.2, 0.25) is 0 Å². The van der Waals surface area contributed by atoms with Crippen molar-refractivity contribution in [3.63, 3.8) is 0 Å². The molecule has 0 aliphatic carbocycles. The van der Waals surface area contributed by atoms with Gasteiger partial charge in [-0.15, -0.1) is 11.3 Å². The molecule has 2 N–H and O–H groups in total. The van der Waals surface area contributed by atoms with Crippen molar-refractivity contribution in [1.29, 1.82) is 0 Å². The summed E-state index contributed by atoms with van der Waals surface area (Å²) in [6.07, 6.45) is 1.34. The molecule has 112 valence electrons. The van der Waals surface area contributed by atoms with Crippen LogP contribution in [0.15, 0.2) is 17.5 Å². The SMILES string of the molecule is CC(C)C(N)CCN(C)C(=O)CCC(=O)c1cccs1. The number of nitrogens with zero attached hydrogens (tertiary/aromatic N) is 1. The Balaban J connectivity index is 2.30. The van der Waals surface area contributed by atoms with Gasteiger partial charge in [-0.25, -0.2) is 0 Å². The molecule has 1 unspecified atom stereocenters. The van der Waals surface area contributed by atoms with E-state index in [2.05, 4.69) is 13.8 Å². The first-order valence-electron chi connectivity index (χ1n) is 6.98. The summed E-state index contributed by atoms with van der Waals surface area (Å²) in [6.45, 7) is 4.80. The number of nitrogens with two attached hydrogens (primary N) is 1. The number of Topliss-reactive ketones (excluding diaryl/α,β-unsaturated/α-hetero) is 1. The summed E-state index contributed by atoms with van der Waals surface area (Å²) in [5, 5.41) is 1.87. The lowest BCUT2D eigenvalue weighted by molar-refractivity contribution is -0.129. The minimum Gasteiger partial charge on any atom is -0.346 e. The molecule has 0 spiro atoms. The second kappa shape index (κ2) is 8.17. The average molecular weight is 296 g/mol. The number of thiophene rings is 1. The number of carbonyl (C=O) groups excluding carboxylic acids is 2. The first-order valence-corrected chi connectivity index (χ1v) is 7.86. The van der Waals surface area contributed by atoms with Gasteiger partial charge < -0.3 is 10.6 Å². The fraction of sp³-hybridized carbons (Fsp3) is 0.600. The molecule has 4 nitrogen and oxygen atoms in total. The van der Waals surface area contributed by atoms with Crippen molar-refractivity contribution in [2.24, 2.45) is 11.7 Å². The Hall–Kier alpha value is -1.20. The first-order chi connectivity index (χ1) is 9.41. The van der Waals surface area contributed by atoms with E-state index in [0.29, 0.717) is 12.5 Å². The monoisotopic (exact) mass is 296 g/mol. The molecule has 0 saturated carbocycles. The minimum absolute atomic E-state index is 0.00543. The summed E-state index contributed by atoms with van der Waals surface area (Å²) in [5.41, 5.74) is 5.96. The van der Waals surface area contributed by atoms with Crippen LogP contribution < -0.4 is 5.73 Å². The predicted molar refractivity (Wildman–Crippen MR) is 83.0 cm³/mol. The summed E-state index contributed by atoms with van der Waals surface area (Å²) >= 11 is 1.42. The van der Waals surface area contributed by atoms with E-state index in [9.17, 15) is 9.59 Å². The van der Waals surface area contributed by atoms with E-state index in [4.69, 9.17) is 5.73 Å². The number of rotatable bonds is 8. The van der Waals surface area contributed by atoms with Gasteiger partial charge in [0.15, 0.2) is 5.78 Å². The Kier molecular flexibility index (Phi) is 6.88. The maximum atomic E-state index is 11.9. The molecular formula is C15H24N2O2S. The van der Waals surface area contributed by atoms with Crippen LogP contribution in [0.5, 0.6) is 0 Å². The Morgan fingerprint density at radius 2 is 2.05 bits per heavy atom. The molecule has 0 radical (unpaired) electrons. The highest BCUT2D eigenvalue weighted by Crippen LogP contribution is 2.13. The fourth-order valence-corrected chi connectivity index (χ4v) is 2.47. The van der Waals surface area contributed by atoms with Gasteiger partial charge in [0.25, 0.3) is 0 Å². The molecule has 1 heterocycles. The Morgan fingerprint density at radius 1 is 1.35 bits per heavy atom. The summed E-state index contributed by atoms with van der Waals surface area (Å²) < 4.78 is 0. The van der Waals surface area contributed by atoms with Crippen LogP contribution in [-0.4, -0.2) is 36.2 Å². The highest BCUT2D eigenvalue weighted by molar-refractivity contribution is 7.12. The first kappa shape index (κ1) is 16.9. The van der Waals surface area contributed by atoms with E-state index < -0.39 is 0 Å². The van der Waals surface area contributed by atoms with Crippen molar-refractivity contribution in [3.8, 4) is 0 Å². The number of amides is 1. The lowest BCUT2D eigenvalue weighted by Crippen LogP contribution is -2.34. The molecule has 20 heavy (non-hydrogen) atoms. The van der Waals surface area contributed by atoms with E-state index in [1.165, 1.54) is 11.3 Å². The van der Waals surface area contributed by atoms with Crippen molar-refractivity contribution in [2.75, 3.05) is 13.6 Å². The number of hydrogen-bond donors (Lipinski definition) is 1. The molecule has 1 atom stereocenters. The van der Waals surface area contributed by atoms with Crippen molar-refractivity contribution < 1.29 is 9.59 Å². The van der Waals surface area contributed by atoms with Gasteiger partial charge in [0, 0.05) is 32.5 Å². The Morgan fingerprint density at radius 3 is 2.60 bits per heavy atom. The molecule has 0 aliphatic rings. The van der Waals surface area contributed by atoms with Crippen molar-refractivity contribution >= 4 is 23.0 Å². The van der Waals surface area contributed by atoms with Gasteiger partial charge in [0.2, 0.25) is 5.91 Å². The van der Waals surface area contributed by atoms with Crippen LogP contribution in [-0.2, 0) is 4.79 Å². The lowest BCUT2D eigenvalue weighted by Gasteiger charge is -2.21. The van der Waals surface area contributed by atoms with Crippen LogP contribution in [0, 0.1) is 5.92 Å². The molecule has 0 aliphatic heterocycles. The second-order valence-electron chi connectivity index (χ2n) is 5.41. The van der Waals surface area contributed by atoms with E-state index in [1.54, 1.807) is 18.0 Å². The molecule has 1 aromatic rings. The predicted octanol–water partition coefficient (Wildman–Crippen LogP) is 2.54. The molecule has 0 bridgehead atoms.